The fourth-order valence-corrected chi connectivity index (χ4v) is 6.66. The maximum absolute atomic E-state index is 13.8. The van der Waals surface area contributed by atoms with E-state index in [9.17, 15) is 4.79 Å². The van der Waals surface area contributed by atoms with Crippen LogP contribution in [-0.2, 0) is 11.2 Å². The molecule has 2 aliphatic rings. The van der Waals surface area contributed by atoms with Crippen LogP contribution in [0.3, 0.4) is 0 Å². The Labute approximate surface area is 209 Å². The predicted molar refractivity (Wildman–Crippen MR) is 145 cm³/mol. The third kappa shape index (κ3) is 4.40. The molecule has 0 spiro atoms. The molecule has 1 amide bonds. The number of amidine groups is 1. The van der Waals surface area contributed by atoms with Crippen LogP contribution in [0.4, 0.5) is 11.4 Å². The minimum atomic E-state index is 0.0400. The van der Waals surface area contributed by atoms with Gasteiger partial charge in [0.05, 0.1) is 11.4 Å². The highest BCUT2D eigenvalue weighted by molar-refractivity contribution is 8.19. The first-order valence-electron chi connectivity index (χ1n) is 11.5. The first kappa shape index (κ1) is 22.8. The van der Waals surface area contributed by atoms with Gasteiger partial charge in [-0.25, -0.2) is 4.99 Å². The minimum Gasteiger partial charge on any atom is -0.334 e. The van der Waals surface area contributed by atoms with Gasteiger partial charge in [-0.05, 0) is 68.3 Å². The summed E-state index contributed by atoms with van der Waals surface area (Å²) in [5.41, 5.74) is 5.61. The van der Waals surface area contributed by atoms with Gasteiger partial charge < -0.3 is 4.90 Å². The van der Waals surface area contributed by atoms with Crippen molar-refractivity contribution < 1.29 is 4.79 Å². The molecule has 0 atom stereocenters. The maximum atomic E-state index is 13.8. The second-order valence-corrected chi connectivity index (χ2v) is 10.4. The number of nitrogens with zero attached hydrogens (tertiary/aromatic N) is 3. The highest BCUT2D eigenvalue weighted by Gasteiger charge is 2.39. The number of amides is 1. The number of carbonyl (C=O) groups excluding carboxylic acids is 1. The number of hydrogen-bond donors (Lipinski definition) is 0. The van der Waals surface area contributed by atoms with Crippen LogP contribution in [0.15, 0.2) is 92.6 Å². The van der Waals surface area contributed by atoms with Gasteiger partial charge in [0.1, 0.15) is 9.93 Å². The van der Waals surface area contributed by atoms with Crippen molar-refractivity contribution in [2.75, 3.05) is 18.0 Å². The van der Waals surface area contributed by atoms with Gasteiger partial charge >= 0.3 is 0 Å². The first-order valence-corrected chi connectivity index (χ1v) is 13.2. The molecular formula is C28H27N3OS2. The van der Waals surface area contributed by atoms with Crippen LogP contribution in [0.1, 0.15) is 23.6 Å². The lowest BCUT2D eigenvalue weighted by molar-refractivity contribution is -0.122. The molecule has 0 aliphatic carbocycles. The molecule has 1 saturated heterocycles. The van der Waals surface area contributed by atoms with Crippen molar-refractivity contribution in [1.29, 1.82) is 0 Å². The number of aryl methyl sites for hydroxylation is 2. The van der Waals surface area contributed by atoms with Gasteiger partial charge in [-0.2, -0.15) is 0 Å². The normalized spacial score (nSPS) is 18.8. The summed E-state index contributed by atoms with van der Waals surface area (Å²) >= 11 is 3.18. The van der Waals surface area contributed by atoms with E-state index in [0.717, 1.165) is 39.3 Å². The minimum absolute atomic E-state index is 0.0400. The highest BCUT2D eigenvalue weighted by Crippen LogP contribution is 2.50. The van der Waals surface area contributed by atoms with Crippen LogP contribution in [0.2, 0.25) is 0 Å². The van der Waals surface area contributed by atoms with Gasteiger partial charge in [-0.1, -0.05) is 71.9 Å². The quantitative estimate of drug-likeness (QED) is 0.368. The molecule has 6 heteroatoms. The third-order valence-electron chi connectivity index (χ3n) is 6.02. The van der Waals surface area contributed by atoms with E-state index in [4.69, 9.17) is 4.99 Å². The number of thioether (sulfide) groups is 2. The molecule has 5 rings (SSSR count). The summed E-state index contributed by atoms with van der Waals surface area (Å²) in [6, 6.07) is 24.9. The van der Waals surface area contributed by atoms with Crippen LogP contribution in [0.5, 0.6) is 0 Å². The fraction of sp³-hybridized carbons (Fsp3) is 0.214. The SMILES string of the molecule is CCN1/C(=C2/SC(=Nc3ccc(C)cc3C)N(CCc3ccccc3)C2=O)Sc2ccccc21. The van der Waals surface area contributed by atoms with Crippen LogP contribution in [0, 0.1) is 13.8 Å². The van der Waals surface area contributed by atoms with Crippen LogP contribution >= 0.6 is 23.5 Å². The molecule has 0 radical (unpaired) electrons. The number of para-hydroxylation sites is 1. The fourth-order valence-electron chi connectivity index (χ4n) is 4.25. The van der Waals surface area contributed by atoms with Crippen molar-refractivity contribution in [2.45, 2.75) is 32.1 Å². The first-order chi connectivity index (χ1) is 16.5. The number of benzene rings is 3. The van der Waals surface area contributed by atoms with E-state index in [1.807, 2.05) is 29.2 Å². The molecule has 0 bridgehead atoms. The van der Waals surface area contributed by atoms with E-state index < -0.39 is 0 Å². The van der Waals surface area contributed by atoms with Crippen LogP contribution in [0.25, 0.3) is 0 Å². The van der Waals surface area contributed by atoms with Gasteiger partial charge in [0.15, 0.2) is 5.17 Å². The molecule has 172 valence electrons. The Hall–Kier alpha value is -2.96. The van der Waals surface area contributed by atoms with Crippen LogP contribution in [-0.4, -0.2) is 29.1 Å². The van der Waals surface area contributed by atoms with Crippen molar-refractivity contribution >= 4 is 46.0 Å². The number of carbonyl (C=O) groups is 1. The van der Waals surface area contributed by atoms with Crippen LogP contribution < -0.4 is 4.90 Å². The molecule has 3 aromatic rings. The lowest BCUT2D eigenvalue weighted by atomic mass is 10.1. The average Bonchev–Trinajstić information content (AvgIpc) is 3.37. The molecule has 34 heavy (non-hydrogen) atoms. The molecule has 4 nitrogen and oxygen atoms in total. The van der Waals surface area contributed by atoms with Gasteiger partial charge in [-0.3, -0.25) is 9.69 Å². The van der Waals surface area contributed by atoms with Gasteiger partial charge in [0.2, 0.25) is 0 Å². The zero-order chi connectivity index (χ0) is 23.7. The van der Waals surface area contributed by atoms with Gasteiger partial charge in [-0.15, -0.1) is 0 Å². The molecule has 3 aromatic carbocycles. The summed E-state index contributed by atoms with van der Waals surface area (Å²) in [4.78, 5) is 24.8. The largest absolute Gasteiger partial charge is 0.334 e. The number of rotatable bonds is 5. The predicted octanol–water partition coefficient (Wildman–Crippen LogP) is 6.91. The molecule has 0 N–H and O–H groups in total. The van der Waals surface area contributed by atoms with E-state index in [2.05, 4.69) is 74.2 Å². The summed E-state index contributed by atoms with van der Waals surface area (Å²) < 4.78 is 0. The van der Waals surface area contributed by atoms with E-state index in [1.54, 1.807) is 11.8 Å². The number of anilines is 1. The molecule has 1 fully saturated rings. The summed E-state index contributed by atoms with van der Waals surface area (Å²) in [5.74, 6) is 0.0400. The number of fused-ring (bicyclic) bond motifs is 1. The Morgan fingerprint density at radius 2 is 1.65 bits per heavy atom. The molecular weight excluding hydrogens is 458 g/mol. The number of aliphatic imine (C=N–C) groups is 1. The van der Waals surface area contributed by atoms with Crippen molar-refractivity contribution in [3.8, 4) is 0 Å². The summed E-state index contributed by atoms with van der Waals surface area (Å²) in [7, 11) is 0. The molecule has 0 saturated carbocycles. The Balaban J connectivity index is 1.53. The van der Waals surface area contributed by atoms with E-state index >= 15 is 0 Å². The Morgan fingerprint density at radius 3 is 2.41 bits per heavy atom. The second kappa shape index (κ2) is 9.72. The Bertz CT molecular complexity index is 1300. The molecule has 0 aromatic heterocycles. The molecule has 0 unspecified atom stereocenters. The van der Waals surface area contributed by atoms with E-state index in [-0.39, 0.29) is 5.91 Å². The molecule has 2 aliphatic heterocycles. The van der Waals surface area contributed by atoms with Crippen molar-refractivity contribution in [1.82, 2.24) is 4.90 Å². The highest BCUT2D eigenvalue weighted by atomic mass is 32.2. The van der Waals surface area contributed by atoms with Gasteiger partial charge in [0, 0.05) is 18.0 Å². The maximum Gasteiger partial charge on any atom is 0.269 e. The topological polar surface area (TPSA) is 35.9 Å². The van der Waals surface area contributed by atoms with Crippen molar-refractivity contribution in [2.24, 2.45) is 4.99 Å². The van der Waals surface area contributed by atoms with Crippen molar-refractivity contribution in [3.63, 3.8) is 0 Å². The van der Waals surface area contributed by atoms with E-state index in [0.29, 0.717) is 6.54 Å². The second-order valence-electron chi connectivity index (χ2n) is 8.43. The lowest BCUT2D eigenvalue weighted by Crippen LogP contribution is -2.32. The van der Waals surface area contributed by atoms with Crippen molar-refractivity contribution in [3.05, 3.63) is 99.4 Å². The summed E-state index contributed by atoms with van der Waals surface area (Å²) in [6.45, 7) is 7.69. The summed E-state index contributed by atoms with van der Waals surface area (Å²) in [5, 5.41) is 1.76. The average molecular weight is 486 g/mol. The zero-order valence-corrected chi connectivity index (χ0v) is 21.2. The zero-order valence-electron chi connectivity index (χ0n) is 19.6. The van der Waals surface area contributed by atoms with Gasteiger partial charge in [0.25, 0.3) is 5.91 Å². The monoisotopic (exact) mass is 485 g/mol. The summed E-state index contributed by atoms with van der Waals surface area (Å²) in [6.07, 6.45) is 0.784. The van der Waals surface area contributed by atoms with E-state index in [1.165, 1.54) is 33.5 Å². The Morgan fingerprint density at radius 1 is 0.882 bits per heavy atom. The lowest BCUT2D eigenvalue weighted by Gasteiger charge is -2.19. The smallest absolute Gasteiger partial charge is 0.269 e. The number of hydrogen-bond acceptors (Lipinski definition) is 5. The Kier molecular flexibility index (Phi) is 6.53. The third-order valence-corrected chi connectivity index (χ3v) is 8.40. The standard InChI is InChI=1S/C28H27N3OS2/c1-4-30-23-12-8-9-13-24(23)33-27(30)25-26(32)31(17-16-21-10-6-5-7-11-21)28(34-25)29-22-15-14-19(2)18-20(22)3/h5-15,18H,4,16-17H2,1-3H3/b27-25-,29-28?. The molecule has 2 heterocycles.